The fraction of sp³-hybridized carbons (Fsp3) is 0.154. The minimum atomic E-state index is -0.723. The zero-order chi connectivity index (χ0) is 24.8. The van der Waals surface area contributed by atoms with Crippen molar-refractivity contribution in [2.45, 2.75) is 25.0 Å². The average molecular weight is 493 g/mol. The van der Waals surface area contributed by atoms with Crippen molar-refractivity contribution >= 4 is 29.1 Å². The summed E-state index contributed by atoms with van der Waals surface area (Å²) in [6, 6.07) is 20.0. The zero-order valence-corrected chi connectivity index (χ0v) is 19.7. The summed E-state index contributed by atoms with van der Waals surface area (Å²) in [5.41, 5.74) is 1.59. The molecule has 0 unspecified atom stereocenters. The van der Waals surface area contributed by atoms with Gasteiger partial charge in [0.25, 0.3) is 0 Å². The van der Waals surface area contributed by atoms with Crippen molar-refractivity contribution in [2.24, 2.45) is 0 Å². The van der Waals surface area contributed by atoms with Crippen LogP contribution in [0.15, 0.2) is 78.0 Å². The maximum Gasteiger partial charge on any atom is 0.221 e. The Labute approximate surface area is 205 Å². The van der Waals surface area contributed by atoms with Crippen LogP contribution in [0.3, 0.4) is 0 Å². The van der Waals surface area contributed by atoms with Crippen LogP contribution in [0.2, 0.25) is 0 Å². The molecule has 0 saturated carbocycles. The van der Waals surface area contributed by atoms with Gasteiger partial charge < -0.3 is 9.88 Å². The maximum absolute atomic E-state index is 14.5. The summed E-state index contributed by atoms with van der Waals surface area (Å²) in [4.78, 5) is 23.9. The second kappa shape index (κ2) is 11.1. The predicted molar refractivity (Wildman–Crippen MR) is 131 cm³/mol. The summed E-state index contributed by atoms with van der Waals surface area (Å²) < 4.78 is 30.8. The van der Waals surface area contributed by atoms with Gasteiger partial charge in [-0.05, 0) is 42.3 Å². The highest BCUT2D eigenvalue weighted by Gasteiger charge is 2.19. The lowest BCUT2D eigenvalue weighted by Gasteiger charge is -2.11. The number of hydrogen-bond acceptors (Lipinski definition) is 5. The minimum absolute atomic E-state index is 0.0862. The maximum atomic E-state index is 14.5. The SMILES string of the molecule is CC(=O)Nc1ccc(C(=O)CSc2nnc(-c3ccccc3F)n2CCc2ccccc2)c(F)c1. The molecule has 3 aromatic carbocycles. The van der Waals surface area contributed by atoms with Gasteiger partial charge in [-0.3, -0.25) is 9.59 Å². The fourth-order valence-electron chi connectivity index (χ4n) is 3.55. The first kappa shape index (κ1) is 24.3. The van der Waals surface area contributed by atoms with Gasteiger partial charge in [0.2, 0.25) is 5.91 Å². The second-order valence-electron chi connectivity index (χ2n) is 7.76. The van der Waals surface area contributed by atoms with Crippen LogP contribution < -0.4 is 5.32 Å². The Morgan fingerprint density at radius 3 is 2.40 bits per heavy atom. The van der Waals surface area contributed by atoms with Gasteiger partial charge in [-0.1, -0.05) is 54.2 Å². The van der Waals surface area contributed by atoms with Crippen molar-refractivity contribution in [2.75, 3.05) is 11.1 Å². The van der Waals surface area contributed by atoms with Crippen molar-refractivity contribution in [3.8, 4) is 11.4 Å². The van der Waals surface area contributed by atoms with Gasteiger partial charge in [0.05, 0.1) is 16.9 Å². The Kier molecular flexibility index (Phi) is 7.67. The molecule has 0 atom stereocenters. The van der Waals surface area contributed by atoms with E-state index in [9.17, 15) is 18.4 Å². The normalized spacial score (nSPS) is 10.8. The summed E-state index contributed by atoms with van der Waals surface area (Å²) in [6.07, 6.45) is 0.654. The van der Waals surface area contributed by atoms with Crippen molar-refractivity contribution in [3.63, 3.8) is 0 Å². The number of aromatic nitrogens is 3. The molecule has 0 fully saturated rings. The fourth-order valence-corrected chi connectivity index (χ4v) is 4.40. The van der Waals surface area contributed by atoms with Crippen molar-refractivity contribution in [1.29, 1.82) is 0 Å². The van der Waals surface area contributed by atoms with Crippen LogP contribution in [0.5, 0.6) is 0 Å². The van der Waals surface area contributed by atoms with Crippen LogP contribution in [0, 0.1) is 11.6 Å². The Hall–Kier alpha value is -3.85. The lowest BCUT2D eigenvalue weighted by Crippen LogP contribution is -2.10. The Morgan fingerprint density at radius 1 is 0.943 bits per heavy atom. The van der Waals surface area contributed by atoms with Crippen molar-refractivity contribution in [1.82, 2.24) is 14.8 Å². The molecule has 6 nitrogen and oxygen atoms in total. The number of Topliss-reactive ketones (excluding diaryl/α,β-unsaturated/α-hetero) is 1. The van der Waals surface area contributed by atoms with Gasteiger partial charge in [-0.2, -0.15) is 0 Å². The number of amides is 1. The van der Waals surface area contributed by atoms with E-state index in [1.165, 1.54) is 25.1 Å². The molecule has 1 heterocycles. The van der Waals surface area contributed by atoms with Gasteiger partial charge in [0, 0.05) is 19.2 Å². The number of carbonyl (C=O) groups is 2. The van der Waals surface area contributed by atoms with E-state index in [1.807, 2.05) is 30.3 Å². The number of halogens is 2. The Bertz CT molecular complexity index is 1360. The summed E-state index contributed by atoms with van der Waals surface area (Å²) in [5.74, 6) is -1.64. The van der Waals surface area contributed by atoms with Crippen LogP contribution in [0.4, 0.5) is 14.5 Å². The molecule has 0 bridgehead atoms. The third-order valence-corrected chi connectivity index (χ3v) is 6.19. The number of benzene rings is 3. The molecular weight excluding hydrogens is 470 g/mol. The molecule has 0 saturated heterocycles. The van der Waals surface area contributed by atoms with Crippen LogP contribution in [0.25, 0.3) is 11.4 Å². The van der Waals surface area contributed by atoms with Gasteiger partial charge in [0.1, 0.15) is 11.6 Å². The lowest BCUT2D eigenvalue weighted by molar-refractivity contribution is -0.114. The number of hydrogen-bond donors (Lipinski definition) is 1. The van der Waals surface area contributed by atoms with Gasteiger partial charge in [-0.25, -0.2) is 8.78 Å². The van der Waals surface area contributed by atoms with Gasteiger partial charge >= 0.3 is 0 Å². The molecule has 1 N–H and O–H groups in total. The standard InChI is InChI=1S/C26H22F2N4O2S/c1-17(33)29-19-11-12-20(23(28)15-19)24(34)16-35-26-31-30-25(21-9-5-6-10-22(21)27)32(26)14-13-18-7-3-2-4-8-18/h2-12,15H,13-14,16H2,1H3,(H,29,33). The third-order valence-electron chi connectivity index (χ3n) is 5.22. The number of carbonyl (C=O) groups excluding carboxylic acids is 2. The summed E-state index contributed by atoms with van der Waals surface area (Å²) in [7, 11) is 0. The molecule has 0 aliphatic heterocycles. The van der Waals surface area contributed by atoms with E-state index in [0.717, 1.165) is 23.4 Å². The molecule has 0 aliphatic carbocycles. The van der Waals surface area contributed by atoms with Crippen molar-refractivity contribution < 1.29 is 18.4 Å². The molecule has 1 aromatic heterocycles. The Balaban J connectivity index is 1.55. The summed E-state index contributed by atoms with van der Waals surface area (Å²) in [6.45, 7) is 1.79. The number of aryl methyl sites for hydroxylation is 1. The van der Waals surface area contributed by atoms with Crippen LogP contribution in [-0.4, -0.2) is 32.2 Å². The predicted octanol–water partition coefficient (Wildman–Crippen LogP) is 5.40. The van der Waals surface area contributed by atoms with Gasteiger partial charge in [0.15, 0.2) is 16.8 Å². The monoisotopic (exact) mass is 492 g/mol. The highest BCUT2D eigenvalue weighted by Crippen LogP contribution is 2.27. The molecule has 4 rings (SSSR count). The van der Waals surface area contributed by atoms with E-state index in [1.54, 1.807) is 22.8 Å². The first-order valence-electron chi connectivity index (χ1n) is 10.9. The number of anilines is 1. The first-order valence-corrected chi connectivity index (χ1v) is 11.9. The van der Waals surface area contributed by atoms with Gasteiger partial charge in [-0.15, -0.1) is 10.2 Å². The van der Waals surface area contributed by atoms with E-state index in [0.29, 0.717) is 29.5 Å². The summed E-state index contributed by atoms with van der Waals surface area (Å²) in [5, 5.41) is 11.3. The van der Waals surface area contributed by atoms with E-state index in [2.05, 4.69) is 15.5 Å². The van der Waals surface area contributed by atoms with E-state index >= 15 is 0 Å². The highest BCUT2D eigenvalue weighted by molar-refractivity contribution is 7.99. The molecule has 0 radical (unpaired) electrons. The minimum Gasteiger partial charge on any atom is -0.326 e. The largest absolute Gasteiger partial charge is 0.326 e. The number of nitrogens with one attached hydrogen (secondary N) is 1. The molecule has 1 amide bonds. The average Bonchev–Trinajstić information content (AvgIpc) is 3.24. The van der Waals surface area contributed by atoms with Crippen LogP contribution >= 0.6 is 11.8 Å². The molecule has 0 spiro atoms. The lowest BCUT2D eigenvalue weighted by atomic mass is 10.1. The van der Waals surface area contributed by atoms with Crippen LogP contribution in [0.1, 0.15) is 22.8 Å². The highest BCUT2D eigenvalue weighted by atomic mass is 32.2. The number of thioether (sulfide) groups is 1. The number of ketones is 1. The molecular formula is C26H22F2N4O2S. The zero-order valence-electron chi connectivity index (χ0n) is 18.9. The van der Waals surface area contributed by atoms with E-state index < -0.39 is 17.4 Å². The smallest absolute Gasteiger partial charge is 0.221 e. The molecule has 35 heavy (non-hydrogen) atoms. The quantitative estimate of drug-likeness (QED) is 0.250. The molecule has 0 aliphatic rings. The van der Waals surface area contributed by atoms with E-state index in [-0.39, 0.29) is 22.9 Å². The molecule has 9 heteroatoms. The third kappa shape index (κ3) is 5.99. The van der Waals surface area contributed by atoms with E-state index in [4.69, 9.17) is 0 Å². The Morgan fingerprint density at radius 2 is 1.69 bits per heavy atom. The number of rotatable bonds is 9. The molecule has 4 aromatic rings. The topological polar surface area (TPSA) is 76.9 Å². The number of nitrogens with zero attached hydrogens (tertiary/aromatic N) is 3. The summed E-state index contributed by atoms with van der Waals surface area (Å²) >= 11 is 1.11. The van der Waals surface area contributed by atoms with Crippen LogP contribution in [-0.2, 0) is 17.8 Å². The van der Waals surface area contributed by atoms with Crippen molar-refractivity contribution in [3.05, 3.63) is 95.6 Å². The second-order valence-corrected chi connectivity index (χ2v) is 8.70. The molecule has 178 valence electrons. The first-order chi connectivity index (χ1) is 16.9.